The number of urea groups is 1. The highest BCUT2D eigenvalue weighted by Gasteiger charge is 2.37. The molecule has 5 nitrogen and oxygen atoms in total. The SMILES string of the molecule is CC1=C(C(=O)OC(C)(C)C)C(c2ccccc2)NC(=O)N1CCCCBr. The summed E-state index contributed by atoms with van der Waals surface area (Å²) in [6.45, 7) is 7.91. The highest BCUT2D eigenvalue weighted by molar-refractivity contribution is 9.09. The lowest BCUT2D eigenvalue weighted by Crippen LogP contribution is -2.48. The summed E-state index contributed by atoms with van der Waals surface area (Å²) < 4.78 is 5.63. The van der Waals surface area contributed by atoms with Crippen LogP contribution in [0.25, 0.3) is 0 Å². The Balaban J connectivity index is 2.42. The Kier molecular flexibility index (Phi) is 6.87. The Morgan fingerprint density at radius 3 is 2.46 bits per heavy atom. The largest absolute Gasteiger partial charge is 0.456 e. The Labute approximate surface area is 163 Å². The molecule has 0 saturated carbocycles. The second kappa shape index (κ2) is 8.71. The number of carbonyl (C=O) groups excluding carboxylic acids is 2. The minimum absolute atomic E-state index is 0.182. The molecule has 2 rings (SSSR count). The van der Waals surface area contributed by atoms with Crippen LogP contribution in [-0.4, -0.2) is 34.4 Å². The highest BCUT2D eigenvalue weighted by Crippen LogP contribution is 2.32. The lowest BCUT2D eigenvalue weighted by atomic mass is 9.94. The summed E-state index contributed by atoms with van der Waals surface area (Å²) in [4.78, 5) is 27.2. The summed E-state index contributed by atoms with van der Waals surface area (Å²) in [6.07, 6.45) is 1.81. The van der Waals surface area contributed by atoms with Crippen LogP contribution in [0.2, 0.25) is 0 Å². The summed E-state index contributed by atoms with van der Waals surface area (Å²) in [5.41, 5.74) is 1.41. The third kappa shape index (κ3) is 5.10. The quantitative estimate of drug-likeness (QED) is 0.415. The number of nitrogens with one attached hydrogen (secondary N) is 1. The summed E-state index contributed by atoms with van der Waals surface area (Å²) in [5, 5.41) is 3.86. The molecule has 1 aromatic carbocycles. The molecule has 1 unspecified atom stereocenters. The number of carbonyl (C=O) groups is 2. The highest BCUT2D eigenvalue weighted by atomic mass is 79.9. The van der Waals surface area contributed by atoms with Gasteiger partial charge < -0.3 is 10.1 Å². The minimum Gasteiger partial charge on any atom is -0.456 e. The first kappa shape index (κ1) is 20.5. The third-order valence-electron chi connectivity index (χ3n) is 4.11. The molecule has 1 N–H and O–H groups in total. The molecular weight excluding hydrogens is 396 g/mol. The van der Waals surface area contributed by atoms with Gasteiger partial charge in [-0.05, 0) is 46.1 Å². The van der Waals surface area contributed by atoms with Gasteiger partial charge >= 0.3 is 12.0 Å². The Morgan fingerprint density at radius 1 is 1.23 bits per heavy atom. The first-order valence-electron chi connectivity index (χ1n) is 8.87. The molecule has 0 radical (unpaired) electrons. The maximum absolute atomic E-state index is 12.9. The molecule has 1 aliphatic rings. The third-order valence-corrected chi connectivity index (χ3v) is 4.67. The van der Waals surface area contributed by atoms with E-state index in [1.165, 1.54) is 0 Å². The van der Waals surface area contributed by atoms with Crippen LogP contribution in [0.1, 0.15) is 52.1 Å². The molecule has 6 heteroatoms. The van der Waals surface area contributed by atoms with Crippen molar-refractivity contribution in [2.75, 3.05) is 11.9 Å². The topological polar surface area (TPSA) is 58.6 Å². The number of alkyl halides is 1. The van der Waals surface area contributed by atoms with Gasteiger partial charge in [0.15, 0.2) is 0 Å². The number of rotatable bonds is 6. The predicted molar refractivity (Wildman–Crippen MR) is 106 cm³/mol. The second-order valence-electron chi connectivity index (χ2n) is 7.34. The maximum Gasteiger partial charge on any atom is 0.338 e. The molecule has 1 heterocycles. The van der Waals surface area contributed by atoms with Gasteiger partial charge in [-0.15, -0.1) is 0 Å². The van der Waals surface area contributed by atoms with Crippen molar-refractivity contribution >= 4 is 27.9 Å². The average molecular weight is 423 g/mol. The molecule has 2 amide bonds. The van der Waals surface area contributed by atoms with E-state index >= 15 is 0 Å². The predicted octanol–water partition coefficient (Wildman–Crippen LogP) is 4.54. The van der Waals surface area contributed by atoms with Crippen molar-refractivity contribution in [2.24, 2.45) is 0 Å². The summed E-state index contributed by atoms with van der Waals surface area (Å²) in [6, 6.07) is 8.82. The van der Waals surface area contributed by atoms with Gasteiger partial charge in [0.1, 0.15) is 5.60 Å². The van der Waals surface area contributed by atoms with Crippen molar-refractivity contribution in [1.29, 1.82) is 0 Å². The monoisotopic (exact) mass is 422 g/mol. The number of halogens is 1. The van der Waals surface area contributed by atoms with Gasteiger partial charge in [0.05, 0.1) is 11.6 Å². The van der Waals surface area contributed by atoms with Gasteiger partial charge in [-0.1, -0.05) is 46.3 Å². The lowest BCUT2D eigenvalue weighted by Gasteiger charge is -2.36. The van der Waals surface area contributed by atoms with E-state index in [2.05, 4.69) is 21.2 Å². The van der Waals surface area contributed by atoms with Gasteiger partial charge in [-0.3, -0.25) is 4.90 Å². The van der Waals surface area contributed by atoms with Gasteiger partial charge in [0.25, 0.3) is 0 Å². The summed E-state index contributed by atoms with van der Waals surface area (Å²) in [5.74, 6) is -0.394. The van der Waals surface area contributed by atoms with Crippen LogP contribution in [0, 0.1) is 0 Å². The van der Waals surface area contributed by atoms with Gasteiger partial charge in [0, 0.05) is 17.6 Å². The number of hydrogen-bond donors (Lipinski definition) is 1. The lowest BCUT2D eigenvalue weighted by molar-refractivity contribution is -0.150. The van der Waals surface area contributed by atoms with E-state index in [9.17, 15) is 9.59 Å². The summed E-state index contributed by atoms with van der Waals surface area (Å²) >= 11 is 3.41. The smallest absolute Gasteiger partial charge is 0.338 e. The van der Waals surface area contributed by atoms with Gasteiger partial charge in [-0.2, -0.15) is 0 Å². The molecule has 0 saturated heterocycles. The number of benzene rings is 1. The van der Waals surface area contributed by atoms with Crippen LogP contribution in [-0.2, 0) is 9.53 Å². The minimum atomic E-state index is -0.603. The number of amides is 2. The van der Waals surface area contributed by atoms with Crippen LogP contribution < -0.4 is 5.32 Å². The average Bonchev–Trinajstić information content (AvgIpc) is 2.56. The van der Waals surface area contributed by atoms with Crippen LogP contribution in [0.15, 0.2) is 41.6 Å². The number of allylic oxidation sites excluding steroid dienone is 1. The van der Waals surface area contributed by atoms with E-state index in [1.807, 2.05) is 58.0 Å². The van der Waals surface area contributed by atoms with E-state index < -0.39 is 17.6 Å². The van der Waals surface area contributed by atoms with E-state index in [0.717, 1.165) is 23.7 Å². The standard InChI is InChI=1S/C20H27BrN2O3/c1-14-16(18(24)26-20(2,3)4)17(15-10-6-5-7-11-15)22-19(25)23(14)13-9-8-12-21/h5-7,10-11,17H,8-9,12-13H2,1-4H3,(H,22,25). The van der Waals surface area contributed by atoms with Crippen molar-refractivity contribution in [3.63, 3.8) is 0 Å². The van der Waals surface area contributed by atoms with E-state index in [1.54, 1.807) is 4.90 Å². The number of ether oxygens (including phenoxy) is 1. The van der Waals surface area contributed by atoms with E-state index in [0.29, 0.717) is 17.8 Å². The van der Waals surface area contributed by atoms with Crippen molar-refractivity contribution in [3.05, 3.63) is 47.2 Å². The van der Waals surface area contributed by atoms with E-state index in [4.69, 9.17) is 4.74 Å². The fraction of sp³-hybridized carbons (Fsp3) is 0.500. The molecule has 0 aromatic heterocycles. The fourth-order valence-corrected chi connectivity index (χ4v) is 3.30. The van der Waals surface area contributed by atoms with Crippen LogP contribution in [0.3, 0.4) is 0 Å². The Bertz CT molecular complexity index is 680. The second-order valence-corrected chi connectivity index (χ2v) is 8.13. The molecule has 0 fully saturated rings. The zero-order valence-electron chi connectivity index (χ0n) is 15.8. The van der Waals surface area contributed by atoms with Crippen molar-refractivity contribution in [2.45, 2.75) is 52.2 Å². The molecule has 0 spiro atoms. The van der Waals surface area contributed by atoms with Crippen molar-refractivity contribution in [1.82, 2.24) is 10.2 Å². The van der Waals surface area contributed by atoms with Gasteiger partial charge in [-0.25, -0.2) is 9.59 Å². The molecular formula is C20H27BrN2O3. The number of nitrogens with zero attached hydrogens (tertiary/aromatic N) is 1. The summed E-state index contributed by atoms with van der Waals surface area (Å²) in [7, 11) is 0. The molecule has 1 aromatic rings. The first-order chi connectivity index (χ1) is 12.2. The number of unbranched alkanes of at least 4 members (excludes halogenated alkanes) is 1. The number of esters is 1. The molecule has 0 aliphatic carbocycles. The zero-order chi connectivity index (χ0) is 19.3. The Hall–Kier alpha value is -1.82. The molecule has 1 atom stereocenters. The normalized spacial score (nSPS) is 18.0. The Morgan fingerprint density at radius 2 is 1.88 bits per heavy atom. The maximum atomic E-state index is 12.9. The van der Waals surface area contributed by atoms with Gasteiger partial charge in [0.2, 0.25) is 0 Å². The number of hydrogen-bond acceptors (Lipinski definition) is 3. The zero-order valence-corrected chi connectivity index (χ0v) is 17.4. The van der Waals surface area contributed by atoms with Crippen LogP contribution >= 0.6 is 15.9 Å². The van der Waals surface area contributed by atoms with Crippen molar-refractivity contribution < 1.29 is 14.3 Å². The first-order valence-corrected chi connectivity index (χ1v) is 10.00. The van der Waals surface area contributed by atoms with E-state index in [-0.39, 0.29) is 6.03 Å². The van der Waals surface area contributed by atoms with Crippen molar-refractivity contribution in [3.8, 4) is 0 Å². The molecule has 1 aliphatic heterocycles. The fourth-order valence-electron chi connectivity index (χ4n) is 2.91. The molecule has 26 heavy (non-hydrogen) atoms. The van der Waals surface area contributed by atoms with Crippen LogP contribution in [0.4, 0.5) is 4.79 Å². The molecule has 0 bridgehead atoms. The molecule has 142 valence electrons. The van der Waals surface area contributed by atoms with Crippen LogP contribution in [0.5, 0.6) is 0 Å².